The molecule has 0 bridgehead atoms. The first-order valence-electron chi connectivity index (χ1n) is 8.41. The number of benzene rings is 2. The number of carbonyl (C=O) groups is 1. The number of aryl methyl sites for hydroxylation is 2. The van der Waals surface area contributed by atoms with Crippen LogP contribution in [-0.2, 0) is 14.8 Å². The quantitative estimate of drug-likeness (QED) is 0.742. The highest BCUT2D eigenvalue weighted by molar-refractivity contribution is 7.89. The smallest absolute Gasteiger partial charge is 0.240 e. The van der Waals surface area contributed by atoms with Gasteiger partial charge in [-0.3, -0.25) is 4.79 Å². The van der Waals surface area contributed by atoms with Crippen LogP contribution in [0.25, 0.3) is 0 Å². The second-order valence-electron chi connectivity index (χ2n) is 5.90. The third-order valence-electron chi connectivity index (χ3n) is 3.88. The third kappa shape index (κ3) is 5.57. The Labute approximate surface area is 154 Å². The number of carbonyl (C=O) groups excluding carboxylic acids is 1. The van der Waals surface area contributed by atoms with Gasteiger partial charge in [0.15, 0.2) is 0 Å². The van der Waals surface area contributed by atoms with Gasteiger partial charge in [0.1, 0.15) is 5.75 Å². The van der Waals surface area contributed by atoms with Gasteiger partial charge in [0, 0.05) is 18.7 Å². The molecule has 0 radical (unpaired) electrons. The van der Waals surface area contributed by atoms with Gasteiger partial charge in [-0.15, -0.1) is 0 Å². The van der Waals surface area contributed by atoms with Crippen molar-refractivity contribution in [1.29, 1.82) is 0 Å². The Kier molecular flexibility index (Phi) is 6.76. The third-order valence-corrected chi connectivity index (χ3v) is 5.34. The molecular formula is C19H24N2O4S. The van der Waals surface area contributed by atoms with Crippen LogP contribution in [0.5, 0.6) is 5.75 Å². The Morgan fingerprint density at radius 2 is 1.73 bits per heavy atom. The number of hydrogen-bond donors (Lipinski definition) is 2. The maximum absolute atomic E-state index is 12.3. The van der Waals surface area contributed by atoms with Crippen molar-refractivity contribution in [2.45, 2.75) is 32.1 Å². The molecule has 140 valence electrons. The molecule has 2 aromatic carbocycles. The molecule has 0 atom stereocenters. The van der Waals surface area contributed by atoms with Gasteiger partial charge in [-0.05, 0) is 68.3 Å². The van der Waals surface area contributed by atoms with E-state index in [2.05, 4.69) is 10.0 Å². The molecule has 0 aliphatic carbocycles. The Morgan fingerprint density at radius 3 is 2.35 bits per heavy atom. The lowest BCUT2D eigenvalue weighted by Gasteiger charge is -2.09. The van der Waals surface area contributed by atoms with Gasteiger partial charge in [-0.25, -0.2) is 13.1 Å². The Balaban J connectivity index is 1.86. The highest BCUT2D eigenvalue weighted by Gasteiger charge is 2.15. The van der Waals surface area contributed by atoms with Crippen molar-refractivity contribution in [3.05, 3.63) is 53.6 Å². The summed E-state index contributed by atoms with van der Waals surface area (Å²) in [5.74, 6) is 0.462. The molecule has 6 nitrogen and oxygen atoms in total. The van der Waals surface area contributed by atoms with Crippen LogP contribution < -0.4 is 14.8 Å². The highest BCUT2D eigenvalue weighted by atomic mass is 32.2. The van der Waals surface area contributed by atoms with Gasteiger partial charge in [0.25, 0.3) is 0 Å². The molecule has 0 heterocycles. The van der Waals surface area contributed by atoms with Crippen molar-refractivity contribution in [2.24, 2.45) is 0 Å². The van der Waals surface area contributed by atoms with Crippen LogP contribution in [0, 0.1) is 13.8 Å². The van der Waals surface area contributed by atoms with Gasteiger partial charge >= 0.3 is 0 Å². The van der Waals surface area contributed by atoms with E-state index < -0.39 is 10.0 Å². The first kappa shape index (κ1) is 19.9. The van der Waals surface area contributed by atoms with Crippen molar-refractivity contribution < 1.29 is 17.9 Å². The second kappa shape index (κ2) is 8.82. The molecule has 0 saturated carbocycles. The molecule has 0 aliphatic heterocycles. The van der Waals surface area contributed by atoms with E-state index in [1.807, 2.05) is 20.8 Å². The van der Waals surface area contributed by atoms with E-state index in [1.165, 1.54) is 0 Å². The minimum absolute atomic E-state index is 0.0259. The van der Waals surface area contributed by atoms with Crippen LogP contribution in [0.2, 0.25) is 0 Å². The standard InChI is InChI=1S/C19H24N2O4S/c1-4-25-17-8-6-16(7-9-17)21-19(22)11-12-20-26(23,24)18-10-5-14(2)15(3)13-18/h5-10,13,20H,4,11-12H2,1-3H3,(H,21,22). The zero-order valence-electron chi connectivity index (χ0n) is 15.2. The summed E-state index contributed by atoms with van der Waals surface area (Å²) in [6, 6.07) is 12.0. The Hall–Kier alpha value is -2.38. The number of amides is 1. The fourth-order valence-corrected chi connectivity index (χ4v) is 3.40. The molecule has 2 aromatic rings. The fourth-order valence-electron chi connectivity index (χ4n) is 2.29. The van der Waals surface area contributed by atoms with Crippen LogP contribution in [0.3, 0.4) is 0 Å². The maximum atomic E-state index is 12.3. The first-order valence-corrected chi connectivity index (χ1v) is 9.90. The molecule has 1 amide bonds. The van der Waals surface area contributed by atoms with Crippen molar-refractivity contribution in [3.63, 3.8) is 0 Å². The van der Waals surface area contributed by atoms with E-state index in [1.54, 1.807) is 42.5 Å². The SMILES string of the molecule is CCOc1ccc(NC(=O)CCNS(=O)(=O)c2ccc(C)c(C)c2)cc1. The molecule has 0 aliphatic rings. The number of anilines is 1. The average Bonchev–Trinajstić information content (AvgIpc) is 2.59. The molecule has 0 fully saturated rings. The van der Waals surface area contributed by atoms with Crippen molar-refractivity contribution in [3.8, 4) is 5.75 Å². The first-order chi connectivity index (χ1) is 12.3. The summed E-state index contributed by atoms with van der Waals surface area (Å²) in [5, 5.41) is 2.72. The maximum Gasteiger partial charge on any atom is 0.240 e. The van der Waals surface area contributed by atoms with E-state index in [-0.39, 0.29) is 23.8 Å². The number of hydrogen-bond acceptors (Lipinski definition) is 4. The summed E-state index contributed by atoms with van der Waals surface area (Å²) >= 11 is 0. The summed E-state index contributed by atoms with van der Waals surface area (Å²) in [6.07, 6.45) is 0.0390. The fraction of sp³-hybridized carbons (Fsp3) is 0.316. The van der Waals surface area contributed by atoms with Crippen molar-refractivity contribution in [1.82, 2.24) is 4.72 Å². The lowest BCUT2D eigenvalue weighted by molar-refractivity contribution is -0.116. The van der Waals surface area contributed by atoms with Gasteiger partial charge in [0.2, 0.25) is 15.9 Å². The van der Waals surface area contributed by atoms with Crippen LogP contribution in [0.1, 0.15) is 24.5 Å². The molecule has 26 heavy (non-hydrogen) atoms. The van der Waals surface area contributed by atoms with Gasteiger partial charge in [-0.2, -0.15) is 0 Å². The highest BCUT2D eigenvalue weighted by Crippen LogP contribution is 2.16. The molecule has 2 rings (SSSR count). The van der Waals surface area contributed by atoms with Crippen LogP contribution in [-0.4, -0.2) is 27.5 Å². The Morgan fingerprint density at radius 1 is 1.04 bits per heavy atom. The lowest BCUT2D eigenvalue weighted by Crippen LogP contribution is -2.28. The molecule has 7 heteroatoms. The monoisotopic (exact) mass is 376 g/mol. The lowest BCUT2D eigenvalue weighted by atomic mass is 10.1. The topological polar surface area (TPSA) is 84.5 Å². The van der Waals surface area contributed by atoms with E-state index in [9.17, 15) is 13.2 Å². The van der Waals surface area contributed by atoms with E-state index in [4.69, 9.17) is 4.74 Å². The number of nitrogens with one attached hydrogen (secondary N) is 2. The van der Waals surface area contributed by atoms with E-state index in [0.29, 0.717) is 12.3 Å². The van der Waals surface area contributed by atoms with Crippen molar-refractivity contribution >= 4 is 21.6 Å². The molecular weight excluding hydrogens is 352 g/mol. The largest absolute Gasteiger partial charge is 0.494 e. The predicted molar refractivity (Wildman–Crippen MR) is 102 cm³/mol. The van der Waals surface area contributed by atoms with Gasteiger partial charge < -0.3 is 10.1 Å². The number of ether oxygens (including phenoxy) is 1. The molecule has 0 saturated heterocycles. The zero-order valence-corrected chi connectivity index (χ0v) is 16.0. The molecule has 0 unspecified atom stereocenters. The zero-order chi connectivity index (χ0) is 19.2. The summed E-state index contributed by atoms with van der Waals surface area (Å²) in [6.45, 7) is 6.28. The van der Waals surface area contributed by atoms with Crippen LogP contribution in [0.4, 0.5) is 5.69 Å². The van der Waals surface area contributed by atoms with Gasteiger partial charge in [-0.1, -0.05) is 6.07 Å². The normalized spacial score (nSPS) is 11.2. The summed E-state index contributed by atoms with van der Waals surface area (Å²) in [7, 11) is -3.63. The van der Waals surface area contributed by atoms with E-state index in [0.717, 1.165) is 16.9 Å². The Bertz CT molecular complexity index is 862. The predicted octanol–water partition coefficient (Wildman–Crippen LogP) is 3.01. The van der Waals surface area contributed by atoms with Crippen LogP contribution in [0.15, 0.2) is 47.4 Å². The molecule has 2 N–H and O–H groups in total. The molecule has 0 aromatic heterocycles. The summed E-state index contributed by atoms with van der Waals surface area (Å²) < 4.78 is 32.3. The number of sulfonamides is 1. The van der Waals surface area contributed by atoms with E-state index >= 15 is 0 Å². The number of rotatable bonds is 8. The second-order valence-corrected chi connectivity index (χ2v) is 7.67. The summed E-state index contributed by atoms with van der Waals surface area (Å²) in [5.41, 5.74) is 2.57. The molecule has 0 spiro atoms. The average molecular weight is 376 g/mol. The van der Waals surface area contributed by atoms with Gasteiger partial charge in [0.05, 0.1) is 11.5 Å². The van der Waals surface area contributed by atoms with Crippen LogP contribution >= 0.6 is 0 Å². The summed E-state index contributed by atoms with van der Waals surface area (Å²) in [4.78, 5) is 12.2. The minimum atomic E-state index is -3.63. The van der Waals surface area contributed by atoms with Crippen molar-refractivity contribution in [2.75, 3.05) is 18.5 Å². The minimum Gasteiger partial charge on any atom is -0.494 e.